The molecule has 176 valence electrons. The fraction of sp³-hybridized carbons (Fsp3) is 0.0800. The Labute approximate surface area is 218 Å². The van der Waals surface area contributed by atoms with Crippen LogP contribution in [0.25, 0.3) is 16.0 Å². The molecule has 0 radical (unpaired) electrons. The molecule has 1 atom stereocenters. The van der Waals surface area contributed by atoms with E-state index in [4.69, 9.17) is 39.5 Å². The second-order valence-electron chi connectivity index (χ2n) is 7.68. The van der Waals surface area contributed by atoms with Crippen LogP contribution in [-0.4, -0.2) is 28.9 Å². The van der Waals surface area contributed by atoms with Crippen molar-refractivity contribution in [3.8, 4) is 5.75 Å². The average molecular weight is 546 g/mol. The van der Waals surface area contributed by atoms with Crippen molar-refractivity contribution < 1.29 is 19.4 Å². The first-order valence-corrected chi connectivity index (χ1v) is 12.2. The van der Waals surface area contributed by atoms with Gasteiger partial charge in [0, 0.05) is 10.6 Å². The van der Waals surface area contributed by atoms with Gasteiger partial charge in [0.25, 0.3) is 5.78 Å². The second kappa shape index (κ2) is 9.17. The quantitative estimate of drug-likeness (QED) is 0.172. The number of hydrogen-bond acceptors (Lipinski definition) is 6. The largest absolute Gasteiger partial charge is 0.507 e. The van der Waals surface area contributed by atoms with E-state index in [1.807, 2.05) is 0 Å². The van der Waals surface area contributed by atoms with Gasteiger partial charge in [0.1, 0.15) is 11.5 Å². The summed E-state index contributed by atoms with van der Waals surface area (Å²) in [6.07, 6.45) is 0. The number of benzene rings is 3. The van der Waals surface area contributed by atoms with Crippen LogP contribution >= 0.6 is 46.1 Å². The van der Waals surface area contributed by atoms with Gasteiger partial charge in [-0.15, -0.1) is 0 Å². The number of aromatic nitrogens is 1. The Hall–Kier alpha value is -3.10. The number of halogens is 3. The molecular weight excluding hydrogens is 531 g/mol. The number of carbonyl (C=O) groups excluding carboxylic acids is 2. The molecule has 4 aromatic rings. The molecule has 1 amide bonds. The third-order valence-electron chi connectivity index (χ3n) is 5.61. The molecule has 0 aliphatic carbocycles. The number of amides is 1. The molecule has 1 aromatic heterocycles. The number of methoxy groups -OCH3 is 1. The Morgan fingerprint density at radius 1 is 1.00 bits per heavy atom. The molecule has 3 aromatic carbocycles. The minimum Gasteiger partial charge on any atom is -0.507 e. The molecule has 2 heterocycles. The van der Waals surface area contributed by atoms with Gasteiger partial charge in [0.15, 0.2) is 5.13 Å². The number of rotatable bonds is 4. The smallest absolute Gasteiger partial charge is 0.301 e. The third-order valence-corrected chi connectivity index (χ3v) is 7.60. The SMILES string of the molecule is COc1ccc(C(O)=C2C(=O)C(=O)N(c3nc4ccc(Cl)cc4s3)C2c2ccc(Cl)c(Cl)c2)cc1. The predicted molar refractivity (Wildman–Crippen MR) is 139 cm³/mol. The number of thiazole rings is 1. The van der Waals surface area contributed by atoms with Gasteiger partial charge in [-0.25, -0.2) is 4.98 Å². The number of fused-ring (bicyclic) bond motifs is 1. The summed E-state index contributed by atoms with van der Waals surface area (Å²) in [5, 5.41) is 12.6. The zero-order valence-corrected chi connectivity index (χ0v) is 21.0. The van der Waals surface area contributed by atoms with Gasteiger partial charge in [-0.05, 0) is 60.2 Å². The van der Waals surface area contributed by atoms with E-state index in [9.17, 15) is 14.7 Å². The lowest BCUT2D eigenvalue weighted by atomic mass is 9.95. The van der Waals surface area contributed by atoms with E-state index in [2.05, 4.69) is 4.98 Å². The Kier molecular flexibility index (Phi) is 6.19. The summed E-state index contributed by atoms with van der Waals surface area (Å²) < 4.78 is 5.92. The Morgan fingerprint density at radius 2 is 1.74 bits per heavy atom. The first-order chi connectivity index (χ1) is 16.8. The summed E-state index contributed by atoms with van der Waals surface area (Å²) in [4.78, 5) is 32.5. The molecule has 1 fully saturated rings. The number of ether oxygens (including phenoxy) is 1. The van der Waals surface area contributed by atoms with E-state index in [0.717, 1.165) is 4.70 Å². The van der Waals surface area contributed by atoms with E-state index in [-0.39, 0.29) is 21.5 Å². The van der Waals surface area contributed by atoms with Crippen LogP contribution in [0.1, 0.15) is 17.2 Å². The second-order valence-corrected chi connectivity index (χ2v) is 9.94. The van der Waals surface area contributed by atoms with Crippen molar-refractivity contribution in [3.63, 3.8) is 0 Å². The van der Waals surface area contributed by atoms with Crippen LogP contribution in [0.5, 0.6) is 5.75 Å². The van der Waals surface area contributed by atoms with Gasteiger partial charge in [-0.2, -0.15) is 0 Å². The van der Waals surface area contributed by atoms with Gasteiger partial charge in [-0.1, -0.05) is 52.2 Å². The van der Waals surface area contributed by atoms with Crippen LogP contribution in [0, 0.1) is 0 Å². The first kappa shape index (κ1) is 23.6. The normalized spacial score (nSPS) is 17.4. The van der Waals surface area contributed by atoms with Crippen molar-refractivity contribution in [1.29, 1.82) is 0 Å². The van der Waals surface area contributed by atoms with Crippen molar-refractivity contribution >= 4 is 78.9 Å². The number of aliphatic hydroxyl groups is 1. The van der Waals surface area contributed by atoms with E-state index in [0.29, 0.717) is 32.4 Å². The summed E-state index contributed by atoms with van der Waals surface area (Å²) in [7, 11) is 1.52. The maximum absolute atomic E-state index is 13.3. The van der Waals surface area contributed by atoms with Crippen LogP contribution < -0.4 is 9.64 Å². The Morgan fingerprint density at radius 3 is 2.43 bits per heavy atom. The number of hydrogen-bond donors (Lipinski definition) is 1. The molecule has 10 heteroatoms. The highest BCUT2D eigenvalue weighted by Gasteiger charge is 2.48. The highest BCUT2D eigenvalue weighted by atomic mass is 35.5. The summed E-state index contributed by atoms with van der Waals surface area (Å²) in [5.74, 6) is -1.40. The van der Waals surface area contributed by atoms with Crippen molar-refractivity contribution in [1.82, 2.24) is 4.98 Å². The summed E-state index contributed by atoms with van der Waals surface area (Å²) >= 11 is 19.7. The Balaban J connectivity index is 1.73. The van der Waals surface area contributed by atoms with Gasteiger partial charge in [-0.3, -0.25) is 14.5 Å². The van der Waals surface area contributed by atoms with Crippen LogP contribution in [0.3, 0.4) is 0 Å². The molecule has 0 spiro atoms. The van der Waals surface area contributed by atoms with Crippen molar-refractivity contribution in [2.24, 2.45) is 0 Å². The molecule has 1 N–H and O–H groups in total. The first-order valence-electron chi connectivity index (χ1n) is 10.2. The Bertz CT molecular complexity index is 1530. The van der Waals surface area contributed by atoms with Gasteiger partial charge in [0.2, 0.25) is 0 Å². The minimum absolute atomic E-state index is 0.0872. The zero-order valence-electron chi connectivity index (χ0n) is 18.0. The molecule has 5 rings (SSSR count). The van der Waals surface area contributed by atoms with Crippen LogP contribution in [-0.2, 0) is 9.59 Å². The average Bonchev–Trinajstić information content (AvgIpc) is 3.38. The molecular formula is C25H15Cl3N2O4S. The molecule has 6 nitrogen and oxygen atoms in total. The van der Waals surface area contributed by atoms with E-state index in [1.54, 1.807) is 60.7 Å². The van der Waals surface area contributed by atoms with Crippen LogP contribution in [0.2, 0.25) is 15.1 Å². The standard InChI is InChI=1S/C25H15Cl3N2O4S/c1-34-15-6-2-12(3-7-15)22(31)20-21(13-4-8-16(27)17(28)10-13)30(24(33)23(20)32)25-29-18-9-5-14(26)11-19(18)35-25/h2-11,21,31H,1H3. The fourth-order valence-electron chi connectivity index (χ4n) is 3.92. The third kappa shape index (κ3) is 4.15. The molecule has 0 saturated carbocycles. The number of anilines is 1. The summed E-state index contributed by atoms with van der Waals surface area (Å²) in [6.45, 7) is 0. The number of Topliss-reactive ketones (excluding diaryl/α,β-unsaturated/α-hetero) is 1. The highest BCUT2D eigenvalue weighted by molar-refractivity contribution is 7.22. The van der Waals surface area contributed by atoms with Crippen LogP contribution in [0.4, 0.5) is 5.13 Å². The number of aliphatic hydroxyl groups excluding tert-OH is 1. The van der Waals surface area contributed by atoms with Crippen molar-refractivity contribution in [2.45, 2.75) is 6.04 Å². The number of nitrogens with zero attached hydrogens (tertiary/aromatic N) is 2. The van der Waals surface area contributed by atoms with Gasteiger partial charge in [0.05, 0.1) is 39.0 Å². The number of ketones is 1. The van der Waals surface area contributed by atoms with E-state index >= 15 is 0 Å². The summed E-state index contributed by atoms with van der Waals surface area (Å²) in [5.41, 5.74) is 1.38. The fourth-order valence-corrected chi connectivity index (χ4v) is 5.50. The maximum Gasteiger partial charge on any atom is 0.301 e. The van der Waals surface area contributed by atoms with E-state index in [1.165, 1.54) is 23.3 Å². The monoisotopic (exact) mass is 544 g/mol. The zero-order chi connectivity index (χ0) is 24.9. The van der Waals surface area contributed by atoms with Crippen molar-refractivity contribution in [2.75, 3.05) is 12.0 Å². The highest BCUT2D eigenvalue weighted by Crippen LogP contribution is 2.45. The molecule has 35 heavy (non-hydrogen) atoms. The molecule has 1 aliphatic rings. The summed E-state index contributed by atoms with van der Waals surface area (Å²) in [6, 6.07) is 15.5. The molecule has 1 saturated heterocycles. The lowest BCUT2D eigenvalue weighted by molar-refractivity contribution is -0.132. The lowest BCUT2D eigenvalue weighted by Crippen LogP contribution is -2.29. The molecule has 0 bridgehead atoms. The van der Waals surface area contributed by atoms with Crippen molar-refractivity contribution in [3.05, 3.63) is 92.4 Å². The van der Waals surface area contributed by atoms with Gasteiger partial charge < -0.3 is 9.84 Å². The minimum atomic E-state index is -0.983. The van der Waals surface area contributed by atoms with Gasteiger partial charge >= 0.3 is 5.91 Å². The lowest BCUT2D eigenvalue weighted by Gasteiger charge is -2.23. The van der Waals surface area contributed by atoms with E-state index < -0.39 is 17.7 Å². The van der Waals surface area contributed by atoms with Crippen LogP contribution in [0.15, 0.2) is 66.2 Å². The molecule has 1 unspecified atom stereocenters. The molecule has 1 aliphatic heterocycles. The predicted octanol–water partition coefficient (Wildman–Crippen LogP) is 6.89. The number of carbonyl (C=O) groups is 2. The topological polar surface area (TPSA) is 79.7 Å². The maximum atomic E-state index is 13.3.